The molecule has 0 atom stereocenters. The van der Waals surface area contributed by atoms with Gasteiger partial charge in [-0.1, -0.05) is 155 Å². The first-order chi connectivity index (χ1) is 34.5. The molecule has 0 spiro atoms. The molecule has 0 bridgehead atoms. The number of imidazole rings is 1. The molecule has 4 nitrogen and oxygen atoms in total. The number of aromatic nitrogens is 3. The highest BCUT2D eigenvalue weighted by Gasteiger charge is 2.26. The van der Waals surface area contributed by atoms with Crippen LogP contribution in [0.25, 0.3) is 72.7 Å². The van der Waals surface area contributed by atoms with Gasteiger partial charge in [0, 0.05) is 26.9 Å². The Morgan fingerprint density at radius 3 is 1.97 bits per heavy atom. The third kappa shape index (κ3) is 8.36. The molecule has 63 heavy (non-hydrogen) atoms. The molecule has 0 saturated carbocycles. The van der Waals surface area contributed by atoms with Crippen LogP contribution in [0.5, 0.6) is 5.75 Å². The fraction of sp³-hybridized carbons (Fsp3) is 0.288. The van der Waals surface area contributed by atoms with Crippen molar-refractivity contribution in [2.24, 2.45) is 0 Å². The minimum absolute atomic E-state index is 0.0485. The van der Waals surface area contributed by atoms with Gasteiger partial charge in [-0.2, -0.15) is 0 Å². The normalized spacial score (nSPS) is 15.7. The quantitative estimate of drug-likeness (QED) is 0.149. The molecule has 8 aromatic rings. The summed E-state index contributed by atoms with van der Waals surface area (Å²) in [6, 6.07) is 26.8. The third-order valence-corrected chi connectivity index (χ3v) is 11.8. The SMILES string of the molecule is [2H]c1c([2H])c([2H])c(-c2ccnc(-c3cc(-c4cccc5c4nc(-c4cc(C([2H])(C)C)cc(C([2H])(C)C)c4O)n5-c4ccc(-c5c(C([2H])(C)C)cccc5C([2H])(C)C)cc4C([2H])([2H])[2H])cc(C(C)(C)C)c3)c2)c([2H])c1[2H]. The Morgan fingerprint density at radius 2 is 1.32 bits per heavy atom. The second-order valence-corrected chi connectivity index (χ2v) is 18.3. The Kier molecular flexibility index (Phi) is 8.36. The van der Waals surface area contributed by atoms with Gasteiger partial charge in [0.2, 0.25) is 0 Å². The van der Waals surface area contributed by atoms with Gasteiger partial charge in [0.05, 0.1) is 34.8 Å². The largest absolute Gasteiger partial charge is 0.507 e. The van der Waals surface area contributed by atoms with E-state index in [4.69, 9.17) is 25.0 Å². The molecule has 2 aromatic heterocycles. The van der Waals surface area contributed by atoms with Crippen molar-refractivity contribution in [3.05, 3.63) is 167 Å². The van der Waals surface area contributed by atoms with Crippen LogP contribution in [-0.4, -0.2) is 19.6 Å². The van der Waals surface area contributed by atoms with E-state index in [1.54, 1.807) is 109 Å². The highest BCUT2D eigenvalue weighted by Crippen LogP contribution is 2.44. The van der Waals surface area contributed by atoms with E-state index in [2.05, 4.69) is 26.8 Å². The van der Waals surface area contributed by atoms with E-state index in [9.17, 15) is 6.48 Å². The van der Waals surface area contributed by atoms with Gasteiger partial charge < -0.3 is 5.11 Å². The number of aromatic hydroxyl groups is 1. The van der Waals surface area contributed by atoms with Gasteiger partial charge in [0.1, 0.15) is 11.6 Å². The molecule has 0 amide bonds. The van der Waals surface area contributed by atoms with Crippen molar-refractivity contribution in [3.8, 4) is 67.5 Å². The lowest BCUT2D eigenvalue weighted by Gasteiger charge is -2.22. The smallest absolute Gasteiger partial charge is 0.149 e. The molecular formula is C59H63N3O. The number of pyridine rings is 1. The summed E-state index contributed by atoms with van der Waals surface area (Å²) in [5, 5.41) is 12.4. The van der Waals surface area contributed by atoms with E-state index in [-0.39, 0.29) is 51.6 Å². The molecule has 6 aromatic carbocycles. The zero-order chi connectivity index (χ0) is 55.4. The molecular weight excluding hydrogens is 767 g/mol. The summed E-state index contributed by atoms with van der Waals surface area (Å²) in [6.07, 6.45) is 1.55. The lowest BCUT2D eigenvalue weighted by atomic mass is 9.83. The van der Waals surface area contributed by atoms with Crippen LogP contribution >= 0.6 is 0 Å². The number of benzene rings is 6. The zero-order valence-electron chi connectivity index (χ0n) is 50.1. The molecule has 0 aliphatic heterocycles. The molecule has 0 radical (unpaired) electrons. The average Bonchev–Trinajstić information content (AvgIpc) is 3.70. The van der Waals surface area contributed by atoms with E-state index in [0.29, 0.717) is 66.8 Å². The molecule has 2 heterocycles. The van der Waals surface area contributed by atoms with Gasteiger partial charge in [-0.3, -0.25) is 9.55 Å². The highest BCUT2D eigenvalue weighted by molar-refractivity contribution is 5.97. The first-order valence-corrected chi connectivity index (χ1v) is 21.4. The number of fused-ring (bicyclic) bond motifs is 1. The number of rotatable bonds is 10. The Bertz CT molecular complexity index is 3520. The molecule has 320 valence electrons. The van der Waals surface area contributed by atoms with Crippen LogP contribution in [-0.2, 0) is 5.41 Å². The molecule has 0 unspecified atom stereocenters. The number of para-hydroxylation sites is 1. The van der Waals surface area contributed by atoms with Gasteiger partial charge in [-0.05, 0) is 146 Å². The number of hydrogen-bond acceptors (Lipinski definition) is 3. The summed E-state index contributed by atoms with van der Waals surface area (Å²) in [5.41, 5.74) is 7.80. The van der Waals surface area contributed by atoms with Gasteiger partial charge >= 0.3 is 0 Å². The Balaban J connectivity index is 1.48. The van der Waals surface area contributed by atoms with E-state index in [1.807, 2.05) is 48.5 Å². The topological polar surface area (TPSA) is 50.9 Å². The van der Waals surface area contributed by atoms with Crippen LogP contribution in [0, 0.1) is 6.85 Å². The van der Waals surface area contributed by atoms with Crippen LogP contribution in [0.4, 0.5) is 0 Å². The maximum Gasteiger partial charge on any atom is 0.149 e. The van der Waals surface area contributed by atoms with E-state index < -0.39 is 54.0 Å². The molecule has 0 fully saturated rings. The van der Waals surface area contributed by atoms with Crippen molar-refractivity contribution in [2.45, 2.75) is 112 Å². The first kappa shape index (κ1) is 30.7. The second kappa shape index (κ2) is 17.1. The molecule has 8 rings (SSSR count). The fourth-order valence-corrected chi connectivity index (χ4v) is 8.32. The Labute approximate surface area is 392 Å². The molecule has 4 heteroatoms. The van der Waals surface area contributed by atoms with Crippen molar-refractivity contribution in [1.82, 2.24) is 14.5 Å². The summed E-state index contributed by atoms with van der Waals surface area (Å²) < 4.78 is 108. The Morgan fingerprint density at radius 1 is 0.635 bits per heavy atom. The second-order valence-electron chi connectivity index (χ2n) is 18.3. The summed E-state index contributed by atoms with van der Waals surface area (Å²) >= 11 is 0. The van der Waals surface area contributed by atoms with Gasteiger partial charge in [-0.15, -0.1) is 0 Å². The molecule has 0 saturated heterocycles. The predicted molar refractivity (Wildman–Crippen MR) is 268 cm³/mol. The third-order valence-electron chi connectivity index (χ3n) is 11.8. The minimum atomic E-state index is -2.74. The number of phenolic OH excluding ortho intramolecular Hbond substituents is 1. The zero-order valence-corrected chi connectivity index (χ0v) is 38.1. The van der Waals surface area contributed by atoms with Crippen LogP contribution in [0.1, 0.15) is 150 Å². The van der Waals surface area contributed by atoms with Crippen molar-refractivity contribution in [2.75, 3.05) is 0 Å². The summed E-state index contributed by atoms with van der Waals surface area (Å²) in [6.45, 7) is 17.3. The summed E-state index contributed by atoms with van der Waals surface area (Å²) in [7, 11) is 0. The summed E-state index contributed by atoms with van der Waals surface area (Å²) in [4.78, 5) is 10.1. The standard InChI is InChI=1S/C59H63N3O/c1-35(2)43-32-50(38(7)8)57(63)51(33-43)58-61-56-49(44-29-45(31-46(30-44)59(10,11)12)52-34-41(26-27-60-52)40-18-14-13-15-19-40)22-17-23-54(56)62(58)53-25-24-42(28-39(53)9)55-47(36(3)4)20-16-21-48(55)37(5)6/h13-38,63H,1-12H3/i9D3,13D,14D,15D,18D,19D,35D,36D,37D,38D. The number of nitrogens with zero attached hydrogens (tertiary/aromatic N) is 3. The van der Waals surface area contributed by atoms with Crippen LogP contribution in [0.3, 0.4) is 0 Å². The van der Waals surface area contributed by atoms with Gasteiger partial charge in [0.25, 0.3) is 0 Å². The van der Waals surface area contributed by atoms with E-state index in [0.717, 1.165) is 5.56 Å². The van der Waals surface area contributed by atoms with Crippen molar-refractivity contribution in [1.29, 1.82) is 0 Å². The van der Waals surface area contributed by atoms with E-state index in [1.165, 1.54) is 0 Å². The minimum Gasteiger partial charge on any atom is -0.507 e. The fourth-order valence-electron chi connectivity index (χ4n) is 8.32. The van der Waals surface area contributed by atoms with Crippen LogP contribution < -0.4 is 0 Å². The van der Waals surface area contributed by atoms with Gasteiger partial charge in [0.15, 0.2) is 0 Å². The number of hydrogen-bond donors (Lipinski definition) is 1. The molecule has 1 N–H and O–H groups in total. The predicted octanol–water partition coefficient (Wildman–Crippen LogP) is 16.6. The Hall–Kier alpha value is -6.26. The number of aryl methyl sites for hydroxylation is 1. The molecule has 0 aliphatic rings. The highest BCUT2D eigenvalue weighted by atomic mass is 16.3. The van der Waals surface area contributed by atoms with E-state index >= 15 is 0 Å². The maximum absolute atomic E-state index is 12.4. The lowest BCUT2D eigenvalue weighted by Crippen LogP contribution is -2.11. The number of phenols is 1. The average molecular weight is 842 g/mol. The molecule has 0 aliphatic carbocycles. The van der Waals surface area contributed by atoms with Crippen molar-refractivity contribution >= 4 is 11.0 Å². The lowest BCUT2D eigenvalue weighted by molar-refractivity contribution is 0.466. The van der Waals surface area contributed by atoms with Gasteiger partial charge in [-0.25, -0.2) is 4.98 Å². The first-order valence-electron chi connectivity index (χ1n) is 27.4. The summed E-state index contributed by atoms with van der Waals surface area (Å²) in [5.74, 6) is -4.87. The van der Waals surface area contributed by atoms with Crippen molar-refractivity contribution < 1.29 is 21.6 Å². The van der Waals surface area contributed by atoms with Crippen LogP contribution in [0.15, 0.2) is 133 Å². The van der Waals surface area contributed by atoms with Crippen molar-refractivity contribution in [3.63, 3.8) is 0 Å². The van der Waals surface area contributed by atoms with Crippen LogP contribution in [0.2, 0.25) is 0 Å². The monoisotopic (exact) mass is 842 g/mol. The maximum atomic E-state index is 12.4.